The first-order chi connectivity index (χ1) is 9.95. The number of rotatable bonds is 7. The van der Waals surface area contributed by atoms with Crippen LogP contribution in [0.2, 0.25) is 0 Å². The highest BCUT2D eigenvalue weighted by molar-refractivity contribution is 7.99. The highest BCUT2D eigenvalue weighted by Crippen LogP contribution is 2.52. The van der Waals surface area contributed by atoms with Crippen molar-refractivity contribution in [3.05, 3.63) is 4.88 Å². The highest BCUT2D eigenvalue weighted by atomic mass is 32.2. The van der Waals surface area contributed by atoms with Gasteiger partial charge in [-0.05, 0) is 37.4 Å². The van der Waals surface area contributed by atoms with Crippen LogP contribution in [0, 0.1) is 11.3 Å². The second-order valence-corrected chi connectivity index (χ2v) is 7.64. The molecule has 0 atom stereocenters. The average Bonchev–Trinajstić information content (AvgIpc) is 3.16. The Balaban J connectivity index is 2.15. The Bertz CT molecular complexity index is 522. The molecule has 1 saturated carbocycles. The third-order valence-electron chi connectivity index (χ3n) is 4.28. The van der Waals surface area contributed by atoms with Gasteiger partial charge in [0.2, 0.25) is 0 Å². The third-order valence-corrected chi connectivity index (χ3v) is 6.39. The number of ether oxygens (including phenoxy) is 1. The standard InChI is InChI=1S/C15H24N2O2S2/c1-5-19-14(18)12-10(16)11(20-4)13(21-12)17-8-15(6-7-15)9(2)3/h9,17H,5-8,16H2,1-4H3. The number of nitrogens with one attached hydrogen (secondary N) is 1. The molecule has 0 radical (unpaired) electrons. The molecule has 0 unspecified atom stereocenters. The molecule has 0 spiro atoms. The van der Waals surface area contributed by atoms with Crippen LogP contribution in [-0.4, -0.2) is 25.4 Å². The summed E-state index contributed by atoms with van der Waals surface area (Å²) in [6, 6.07) is 0. The van der Waals surface area contributed by atoms with E-state index in [2.05, 4.69) is 19.2 Å². The molecule has 0 saturated heterocycles. The Labute approximate surface area is 134 Å². The largest absolute Gasteiger partial charge is 0.462 e. The van der Waals surface area contributed by atoms with E-state index >= 15 is 0 Å². The van der Waals surface area contributed by atoms with Crippen LogP contribution in [0.4, 0.5) is 10.7 Å². The third kappa shape index (κ3) is 3.31. The van der Waals surface area contributed by atoms with Crippen LogP contribution < -0.4 is 11.1 Å². The summed E-state index contributed by atoms with van der Waals surface area (Å²) in [4.78, 5) is 13.4. The summed E-state index contributed by atoms with van der Waals surface area (Å²) in [5.74, 6) is 0.345. The number of esters is 1. The van der Waals surface area contributed by atoms with Gasteiger partial charge in [-0.15, -0.1) is 23.1 Å². The number of carbonyl (C=O) groups excluding carboxylic acids is 1. The first kappa shape index (κ1) is 16.5. The number of thioether (sulfide) groups is 1. The minimum absolute atomic E-state index is 0.326. The van der Waals surface area contributed by atoms with Crippen LogP contribution in [0.3, 0.4) is 0 Å². The molecule has 0 aliphatic heterocycles. The molecule has 0 aromatic carbocycles. The van der Waals surface area contributed by atoms with Crippen LogP contribution in [-0.2, 0) is 4.74 Å². The monoisotopic (exact) mass is 328 g/mol. The maximum atomic E-state index is 11.9. The second-order valence-electron chi connectivity index (χ2n) is 5.80. The van der Waals surface area contributed by atoms with E-state index in [1.54, 1.807) is 18.7 Å². The van der Waals surface area contributed by atoms with Crippen molar-refractivity contribution in [1.82, 2.24) is 0 Å². The molecule has 1 aliphatic rings. The van der Waals surface area contributed by atoms with E-state index < -0.39 is 0 Å². The summed E-state index contributed by atoms with van der Waals surface area (Å²) in [7, 11) is 0. The maximum Gasteiger partial charge on any atom is 0.350 e. The Morgan fingerprint density at radius 2 is 2.19 bits per heavy atom. The van der Waals surface area contributed by atoms with Crippen molar-refractivity contribution in [1.29, 1.82) is 0 Å². The van der Waals surface area contributed by atoms with Crippen molar-refractivity contribution >= 4 is 39.8 Å². The van der Waals surface area contributed by atoms with E-state index in [1.165, 1.54) is 24.2 Å². The first-order valence-corrected chi connectivity index (χ1v) is 9.36. The number of anilines is 2. The molecule has 1 aliphatic carbocycles. The smallest absolute Gasteiger partial charge is 0.350 e. The van der Waals surface area contributed by atoms with Crippen molar-refractivity contribution in [3.8, 4) is 0 Å². The van der Waals surface area contributed by atoms with Gasteiger partial charge in [-0.2, -0.15) is 0 Å². The quantitative estimate of drug-likeness (QED) is 0.583. The predicted octanol–water partition coefficient (Wildman–Crippen LogP) is 4.08. The minimum Gasteiger partial charge on any atom is -0.462 e. The summed E-state index contributed by atoms with van der Waals surface area (Å²) >= 11 is 2.98. The SMILES string of the molecule is CCOC(=O)c1sc(NCC2(C(C)C)CC2)c(SC)c1N. The topological polar surface area (TPSA) is 64.3 Å². The van der Waals surface area contributed by atoms with Gasteiger partial charge in [0.25, 0.3) is 0 Å². The fourth-order valence-electron chi connectivity index (χ4n) is 2.47. The van der Waals surface area contributed by atoms with E-state index in [9.17, 15) is 4.79 Å². The van der Waals surface area contributed by atoms with Gasteiger partial charge in [0.15, 0.2) is 0 Å². The Morgan fingerprint density at radius 3 is 2.67 bits per heavy atom. The summed E-state index contributed by atoms with van der Waals surface area (Å²) in [6.45, 7) is 7.66. The molecule has 1 heterocycles. The van der Waals surface area contributed by atoms with Gasteiger partial charge < -0.3 is 15.8 Å². The lowest BCUT2D eigenvalue weighted by molar-refractivity contribution is 0.0533. The van der Waals surface area contributed by atoms with Crippen LogP contribution in [0.25, 0.3) is 0 Å². The lowest BCUT2D eigenvalue weighted by Crippen LogP contribution is -2.20. The van der Waals surface area contributed by atoms with Crippen LogP contribution >= 0.6 is 23.1 Å². The molecule has 6 heteroatoms. The van der Waals surface area contributed by atoms with E-state index in [1.807, 2.05) is 6.26 Å². The van der Waals surface area contributed by atoms with E-state index in [0.29, 0.717) is 28.5 Å². The molecular weight excluding hydrogens is 304 g/mol. The van der Waals surface area contributed by atoms with Crippen molar-refractivity contribution in [2.24, 2.45) is 11.3 Å². The number of nitrogen functional groups attached to an aromatic ring is 1. The molecule has 1 aromatic rings. The van der Waals surface area contributed by atoms with Gasteiger partial charge >= 0.3 is 5.97 Å². The van der Waals surface area contributed by atoms with Gasteiger partial charge in [0, 0.05) is 6.54 Å². The fraction of sp³-hybridized carbons (Fsp3) is 0.667. The van der Waals surface area contributed by atoms with Crippen molar-refractivity contribution in [2.45, 2.75) is 38.5 Å². The number of thiophene rings is 1. The van der Waals surface area contributed by atoms with E-state index in [0.717, 1.165) is 16.4 Å². The van der Waals surface area contributed by atoms with E-state index in [4.69, 9.17) is 10.5 Å². The minimum atomic E-state index is -0.326. The number of hydrogen-bond donors (Lipinski definition) is 2. The molecule has 2 rings (SSSR count). The summed E-state index contributed by atoms with van der Waals surface area (Å²) < 4.78 is 5.07. The molecule has 0 amide bonds. The number of hydrogen-bond acceptors (Lipinski definition) is 6. The normalized spacial score (nSPS) is 16.0. The lowest BCUT2D eigenvalue weighted by Gasteiger charge is -2.20. The zero-order valence-electron chi connectivity index (χ0n) is 13.1. The molecular formula is C15H24N2O2S2. The van der Waals surface area contributed by atoms with Gasteiger partial charge in [-0.3, -0.25) is 0 Å². The van der Waals surface area contributed by atoms with Gasteiger partial charge in [-0.25, -0.2) is 4.79 Å². The molecule has 1 aromatic heterocycles. The Morgan fingerprint density at radius 1 is 1.52 bits per heavy atom. The summed E-state index contributed by atoms with van der Waals surface area (Å²) in [5, 5.41) is 4.51. The Kier molecular flexibility index (Phi) is 5.09. The second kappa shape index (κ2) is 6.48. The molecule has 4 nitrogen and oxygen atoms in total. The van der Waals surface area contributed by atoms with Crippen molar-refractivity contribution < 1.29 is 9.53 Å². The van der Waals surface area contributed by atoms with Crippen LogP contribution in [0.1, 0.15) is 43.3 Å². The maximum absolute atomic E-state index is 11.9. The van der Waals surface area contributed by atoms with Gasteiger partial charge in [0.05, 0.1) is 17.2 Å². The average molecular weight is 329 g/mol. The fourth-order valence-corrected chi connectivity index (χ4v) is 4.40. The number of carbonyl (C=O) groups is 1. The van der Waals surface area contributed by atoms with Crippen molar-refractivity contribution in [2.75, 3.05) is 30.5 Å². The Hall–Kier alpha value is -0.880. The molecule has 3 N–H and O–H groups in total. The summed E-state index contributed by atoms with van der Waals surface area (Å²) in [5.41, 5.74) is 7.07. The molecule has 118 valence electrons. The van der Waals surface area contributed by atoms with Crippen molar-refractivity contribution in [3.63, 3.8) is 0 Å². The number of nitrogens with two attached hydrogens (primary N) is 1. The van der Waals surface area contributed by atoms with Crippen LogP contribution in [0.5, 0.6) is 0 Å². The predicted molar refractivity (Wildman–Crippen MR) is 91.5 cm³/mol. The van der Waals surface area contributed by atoms with E-state index in [-0.39, 0.29) is 5.97 Å². The van der Waals surface area contributed by atoms with Gasteiger partial charge in [-0.1, -0.05) is 13.8 Å². The molecule has 1 fully saturated rings. The first-order valence-electron chi connectivity index (χ1n) is 7.32. The molecule has 0 bridgehead atoms. The molecule has 21 heavy (non-hydrogen) atoms. The zero-order chi connectivity index (χ0) is 15.6. The summed E-state index contributed by atoms with van der Waals surface area (Å²) in [6.07, 6.45) is 4.53. The lowest BCUT2D eigenvalue weighted by atomic mass is 9.92. The highest BCUT2D eigenvalue weighted by Gasteiger charge is 2.45. The zero-order valence-corrected chi connectivity index (χ0v) is 14.7. The van der Waals surface area contributed by atoms with Crippen LogP contribution in [0.15, 0.2) is 4.90 Å². The van der Waals surface area contributed by atoms with Gasteiger partial charge in [0.1, 0.15) is 9.88 Å².